The molecule has 34 heavy (non-hydrogen) atoms. The number of anilines is 1. The van der Waals surface area contributed by atoms with Gasteiger partial charge in [-0.25, -0.2) is 0 Å². The average molecular weight is 490 g/mol. The largest absolute Gasteiger partial charge is 0.494 e. The van der Waals surface area contributed by atoms with Crippen molar-refractivity contribution >= 4 is 35.2 Å². The number of thioether (sulfide) groups is 1. The fourth-order valence-corrected chi connectivity index (χ4v) is 8.34. The van der Waals surface area contributed by atoms with E-state index < -0.39 is 27.4 Å². The summed E-state index contributed by atoms with van der Waals surface area (Å²) in [5, 5.41) is 15.6. The summed E-state index contributed by atoms with van der Waals surface area (Å²) in [6, 6.07) is 6.51. The zero-order valence-electron chi connectivity index (χ0n) is 20.1. The lowest BCUT2D eigenvalue weighted by molar-refractivity contribution is -0.140. The summed E-state index contributed by atoms with van der Waals surface area (Å²) in [5.41, 5.74) is 0.644. The Labute approximate surface area is 205 Å². The second kappa shape index (κ2) is 9.77. The third-order valence-electron chi connectivity index (χ3n) is 7.41. The van der Waals surface area contributed by atoms with E-state index in [2.05, 4.69) is 17.6 Å². The number of β-amino-alcohol motifs (C(OH)–C–C–N with tert-alkyl or cyclic N) is 1. The molecule has 3 aliphatic rings. The fourth-order valence-electron chi connectivity index (χ4n) is 5.98. The lowest BCUT2D eigenvalue weighted by Crippen LogP contribution is -2.54. The van der Waals surface area contributed by atoms with Gasteiger partial charge < -0.3 is 25.4 Å². The molecule has 8 nitrogen and oxygen atoms in total. The van der Waals surface area contributed by atoms with Gasteiger partial charge in [0.25, 0.3) is 0 Å². The monoisotopic (exact) mass is 489 g/mol. The zero-order valence-corrected chi connectivity index (χ0v) is 21.0. The molecule has 3 amide bonds. The molecule has 5 atom stereocenters. The number of aliphatic hydroxyl groups is 1. The molecule has 3 saturated heterocycles. The Bertz CT molecular complexity index is 941. The lowest BCUT2D eigenvalue weighted by atomic mass is 9.66. The minimum absolute atomic E-state index is 0.0907. The summed E-state index contributed by atoms with van der Waals surface area (Å²) in [5.74, 6) is -0.999. The van der Waals surface area contributed by atoms with E-state index in [4.69, 9.17) is 4.74 Å². The second-order valence-corrected chi connectivity index (χ2v) is 11.5. The van der Waals surface area contributed by atoms with Gasteiger partial charge in [-0.05, 0) is 57.4 Å². The molecule has 0 saturated carbocycles. The molecule has 2 bridgehead atoms. The third-order valence-corrected chi connectivity index (χ3v) is 9.40. The molecule has 1 spiro atoms. The number of carbonyl (C=O) groups is 3. The minimum atomic E-state index is -0.677. The standard InChI is InChI=1S/C25H35N3O5S/c1-4-6-13-26-22(31)20-25-12-11-24(3,34-25)18(19(25)23(32)28(20)14-15-29)21(30)27-16-7-9-17(10-8-16)33-5-2/h7-10,18-20,29H,4-6,11-15H2,1-3H3,(H,26,31)(H,27,30)/t18-,19+,20?,24+,25?/m1/s1. The molecule has 3 fully saturated rings. The predicted octanol–water partition coefficient (Wildman–Crippen LogP) is 2.41. The van der Waals surface area contributed by atoms with Crippen LogP contribution in [0.4, 0.5) is 5.69 Å². The van der Waals surface area contributed by atoms with Crippen LogP contribution in [0.3, 0.4) is 0 Å². The van der Waals surface area contributed by atoms with Gasteiger partial charge in [0.2, 0.25) is 17.7 Å². The van der Waals surface area contributed by atoms with Crippen molar-refractivity contribution in [3.05, 3.63) is 24.3 Å². The maximum absolute atomic E-state index is 13.7. The lowest BCUT2D eigenvalue weighted by Gasteiger charge is -2.34. The highest BCUT2D eigenvalue weighted by Crippen LogP contribution is 2.71. The number of carbonyl (C=O) groups excluding carboxylic acids is 3. The summed E-state index contributed by atoms with van der Waals surface area (Å²) in [6.45, 7) is 6.99. The van der Waals surface area contributed by atoms with Crippen LogP contribution in [0.5, 0.6) is 5.75 Å². The predicted molar refractivity (Wildman–Crippen MR) is 132 cm³/mol. The highest BCUT2D eigenvalue weighted by atomic mass is 32.2. The average Bonchev–Trinajstić information content (AvgIpc) is 3.37. The van der Waals surface area contributed by atoms with Gasteiger partial charge in [-0.15, -0.1) is 11.8 Å². The molecule has 1 aromatic carbocycles. The molecular weight excluding hydrogens is 454 g/mol. The van der Waals surface area contributed by atoms with E-state index in [1.807, 2.05) is 13.8 Å². The molecule has 3 heterocycles. The SMILES string of the molecule is CCCCNC(=O)C1N(CCO)C(=O)[C@@H]2[C@H](C(=O)Nc3ccc(OCC)cc3)[C@]3(C)CCC12S3. The van der Waals surface area contributed by atoms with Crippen molar-refractivity contribution in [1.82, 2.24) is 10.2 Å². The van der Waals surface area contributed by atoms with Crippen LogP contribution in [-0.4, -0.2) is 69.6 Å². The normalized spacial score (nSPS) is 31.5. The third kappa shape index (κ3) is 4.06. The van der Waals surface area contributed by atoms with Crippen molar-refractivity contribution in [2.45, 2.75) is 62.0 Å². The van der Waals surface area contributed by atoms with Gasteiger partial charge in [-0.2, -0.15) is 0 Å². The highest BCUT2D eigenvalue weighted by Gasteiger charge is 2.76. The van der Waals surface area contributed by atoms with Gasteiger partial charge in [0.15, 0.2) is 0 Å². The van der Waals surface area contributed by atoms with Crippen molar-refractivity contribution < 1.29 is 24.2 Å². The number of likely N-dealkylation sites (tertiary alicyclic amines) is 1. The van der Waals surface area contributed by atoms with Gasteiger partial charge in [-0.3, -0.25) is 14.4 Å². The Morgan fingerprint density at radius 2 is 1.94 bits per heavy atom. The Kier molecular flexibility index (Phi) is 7.14. The van der Waals surface area contributed by atoms with Crippen LogP contribution in [0.1, 0.15) is 46.5 Å². The summed E-state index contributed by atoms with van der Waals surface area (Å²) >= 11 is 1.63. The Morgan fingerprint density at radius 1 is 1.21 bits per heavy atom. The van der Waals surface area contributed by atoms with Crippen LogP contribution < -0.4 is 15.4 Å². The number of aliphatic hydroxyl groups excluding tert-OH is 1. The van der Waals surface area contributed by atoms with Gasteiger partial charge in [0, 0.05) is 23.5 Å². The molecule has 0 aliphatic carbocycles. The van der Waals surface area contributed by atoms with Crippen molar-refractivity contribution in [2.75, 3.05) is 31.6 Å². The maximum Gasteiger partial charge on any atom is 0.244 e. The van der Waals surface area contributed by atoms with Gasteiger partial charge >= 0.3 is 0 Å². The van der Waals surface area contributed by atoms with Crippen molar-refractivity contribution in [3.8, 4) is 5.75 Å². The number of unbranched alkanes of at least 4 members (excludes halogenated alkanes) is 1. The maximum atomic E-state index is 13.7. The van der Waals surface area contributed by atoms with Crippen LogP contribution in [0, 0.1) is 11.8 Å². The van der Waals surface area contributed by atoms with Crippen LogP contribution >= 0.6 is 11.8 Å². The van der Waals surface area contributed by atoms with E-state index in [0.29, 0.717) is 25.3 Å². The molecule has 9 heteroatoms. The van der Waals surface area contributed by atoms with E-state index in [1.165, 1.54) is 4.90 Å². The molecule has 2 unspecified atom stereocenters. The van der Waals surface area contributed by atoms with Crippen LogP contribution in [0.25, 0.3) is 0 Å². The number of hydrogen-bond donors (Lipinski definition) is 3. The second-order valence-electron chi connectivity index (χ2n) is 9.57. The summed E-state index contributed by atoms with van der Waals surface area (Å²) in [7, 11) is 0. The molecule has 3 aliphatic heterocycles. The first-order chi connectivity index (χ1) is 16.3. The van der Waals surface area contributed by atoms with Crippen molar-refractivity contribution in [3.63, 3.8) is 0 Å². The Morgan fingerprint density at radius 3 is 2.59 bits per heavy atom. The number of amides is 3. The molecular formula is C25H35N3O5S. The quantitative estimate of drug-likeness (QED) is 0.436. The number of rotatable bonds is 10. The first-order valence-electron chi connectivity index (χ1n) is 12.2. The Hall–Kier alpha value is -2.26. The summed E-state index contributed by atoms with van der Waals surface area (Å²) in [4.78, 5) is 42.1. The van der Waals surface area contributed by atoms with Crippen LogP contribution in [0.2, 0.25) is 0 Å². The molecule has 0 radical (unpaired) electrons. The Balaban J connectivity index is 1.61. The van der Waals surface area contributed by atoms with Crippen molar-refractivity contribution in [1.29, 1.82) is 0 Å². The molecule has 0 aromatic heterocycles. The first-order valence-corrected chi connectivity index (χ1v) is 13.1. The summed E-state index contributed by atoms with van der Waals surface area (Å²) in [6.07, 6.45) is 3.28. The first kappa shape index (κ1) is 24.9. The number of nitrogens with one attached hydrogen (secondary N) is 2. The number of ether oxygens (including phenoxy) is 1. The van der Waals surface area contributed by atoms with Crippen LogP contribution in [-0.2, 0) is 14.4 Å². The van der Waals surface area contributed by atoms with Crippen LogP contribution in [0.15, 0.2) is 24.3 Å². The number of nitrogens with zero attached hydrogens (tertiary/aromatic N) is 1. The smallest absolute Gasteiger partial charge is 0.244 e. The molecule has 4 rings (SSSR count). The molecule has 1 aromatic rings. The molecule has 3 N–H and O–H groups in total. The topological polar surface area (TPSA) is 108 Å². The van der Waals surface area contributed by atoms with Gasteiger partial charge in [0.1, 0.15) is 11.8 Å². The van der Waals surface area contributed by atoms with E-state index in [9.17, 15) is 19.5 Å². The summed E-state index contributed by atoms with van der Waals surface area (Å²) < 4.78 is 4.39. The van der Waals surface area contributed by atoms with Gasteiger partial charge in [0.05, 0.1) is 29.8 Å². The molecule has 186 valence electrons. The number of fused-ring (bicyclic) bond motifs is 1. The highest BCUT2D eigenvalue weighted by molar-refractivity contribution is 8.02. The van der Waals surface area contributed by atoms with E-state index >= 15 is 0 Å². The zero-order chi connectivity index (χ0) is 24.5. The number of benzene rings is 1. The van der Waals surface area contributed by atoms with E-state index in [1.54, 1.807) is 36.0 Å². The minimum Gasteiger partial charge on any atom is -0.494 e. The number of hydrogen-bond acceptors (Lipinski definition) is 6. The fraction of sp³-hybridized carbons (Fsp3) is 0.640. The van der Waals surface area contributed by atoms with Crippen molar-refractivity contribution in [2.24, 2.45) is 11.8 Å². The van der Waals surface area contributed by atoms with Gasteiger partial charge in [-0.1, -0.05) is 13.3 Å². The van der Waals surface area contributed by atoms with E-state index in [-0.39, 0.29) is 30.9 Å². The van der Waals surface area contributed by atoms with E-state index in [0.717, 1.165) is 25.0 Å².